The number of nitrogens with one attached hydrogen (secondary N) is 1. The van der Waals surface area contributed by atoms with Crippen molar-refractivity contribution in [3.63, 3.8) is 0 Å². The Balaban J connectivity index is 1.73. The van der Waals surface area contributed by atoms with Crippen molar-refractivity contribution in [2.45, 2.75) is 77.0 Å². The molecule has 0 saturated heterocycles. The highest BCUT2D eigenvalue weighted by Gasteiger charge is 2.39. The summed E-state index contributed by atoms with van der Waals surface area (Å²) in [5, 5.41) is 8.28. The van der Waals surface area contributed by atoms with Crippen LogP contribution in [0, 0.1) is 0 Å². The number of likely N-dealkylation sites (N-methyl/N-ethyl adjacent to an activating group) is 2. The first-order valence-electron chi connectivity index (χ1n) is 11.3. The smallest absolute Gasteiger partial charge is 0.0915 e. The predicted octanol–water partition coefficient (Wildman–Crippen LogP) is 2.95. The topological polar surface area (TPSA) is 51.6 Å². The highest BCUT2D eigenvalue weighted by molar-refractivity contribution is 5.33. The zero-order chi connectivity index (χ0) is 20.0. The SMILES string of the molecule is CCOCC1(OCC)CCC(c2c(CN(C)CCNC)nn3c2CCC3)CC1. The first kappa shape index (κ1) is 21.8. The fourth-order valence-corrected chi connectivity index (χ4v) is 4.99. The second kappa shape index (κ2) is 10.2. The van der Waals surface area contributed by atoms with Crippen LogP contribution >= 0.6 is 0 Å². The van der Waals surface area contributed by atoms with Gasteiger partial charge in [-0.2, -0.15) is 5.10 Å². The molecule has 1 aliphatic carbocycles. The Morgan fingerprint density at radius 1 is 1.25 bits per heavy atom. The van der Waals surface area contributed by atoms with Gasteiger partial charge in [-0.15, -0.1) is 0 Å². The van der Waals surface area contributed by atoms with Gasteiger partial charge in [0, 0.05) is 50.7 Å². The third-order valence-corrected chi connectivity index (χ3v) is 6.45. The van der Waals surface area contributed by atoms with Crippen molar-refractivity contribution >= 4 is 0 Å². The Morgan fingerprint density at radius 2 is 2.04 bits per heavy atom. The molecule has 1 saturated carbocycles. The summed E-state index contributed by atoms with van der Waals surface area (Å²) in [4.78, 5) is 2.39. The van der Waals surface area contributed by atoms with E-state index < -0.39 is 0 Å². The molecule has 2 heterocycles. The summed E-state index contributed by atoms with van der Waals surface area (Å²) < 4.78 is 14.3. The summed E-state index contributed by atoms with van der Waals surface area (Å²) in [5.41, 5.74) is 4.31. The zero-order valence-corrected chi connectivity index (χ0v) is 18.4. The summed E-state index contributed by atoms with van der Waals surface area (Å²) >= 11 is 0. The van der Waals surface area contributed by atoms with Gasteiger partial charge in [0.15, 0.2) is 0 Å². The van der Waals surface area contributed by atoms with Crippen molar-refractivity contribution < 1.29 is 9.47 Å². The number of nitrogens with zero attached hydrogens (tertiary/aromatic N) is 3. The predicted molar refractivity (Wildman–Crippen MR) is 113 cm³/mol. The minimum atomic E-state index is -0.0820. The van der Waals surface area contributed by atoms with E-state index in [1.807, 2.05) is 7.05 Å². The molecule has 0 atom stereocenters. The second-order valence-corrected chi connectivity index (χ2v) is 8.50. The number of rotatable bonds is 11. The van der Waals surface area contributed by atoms with Crippen molar-refractivity contribution in [2.75, 3.05) is 47.0 Å². The van der Waals surface area contributed by atoms with Gasteiger partial charge in [-0.1, -0.05) is 0 Å². The Bertz CT molecular complexity index is 608. The first-order valence-corrected chi connectivity index (χ1v) is 11.3. The van der Waals surface area contributed by atoms with Crippen molar-refractivity contribution in [3.8, 4) is 0 Å². The fourth-order valence-electron chi connectivity index (χ4n) is 4.99. The van der Waals surface area contributed by atoms with Crippen molar-refractivity contribution in [1.29, 1.82) is 0 Å². The van der Waals surface area contributed by atoms with Crippen LogP contribution in [-0.4, -0.2) is 67.3 Å². The molecular formula is C22H40N4O2. The molecule has 0 radical (unpaired) electrons. The molecule has 3 rings (SSSR count). The lowest BCUT2D eigenvalue weighted by atomic mass is 9.75. The van der Waals surface area contributed by atoms with E-state index in [9.17, 15) is 0 Å². The molecule has 0 aromatic carbocycles. The van der Waals surface area contributed by atoms with E-state index in [4.69, 9.17) is 14.6 Å². The van der Waals surface area contributed by atoms with Gasteiger partial charge in [0.1, 0.15) is 0 Å². The largest absolute Gasteiger partial charge is 0.379 e. The van der Waals surface area contributed by atoms with E-state index >= 15 is 0 Å². The molecule has 160 valence electrons. The number of aryl methyl sites for hydroxylation is 1. The van der Waals surface area contributed by atoms with Crippen LogP contribution < -0.4 is 5.32 Å². The maximum atomic E-state index is 6.21. The third kappa shape index (κ3) is 4.96. The molecule has 1 fully saturated rings. The Hall–Kier alpha value is -0.950. The minimum Gasteiger partial charge on any atom is -0.379 e. The summed E-state index contributed by atoms with van der Waals surface area (Å²) in [7, 11) is 4.22. The van der Waals surface area contributed by atoms with Crippen LogP contribution in [0.5, 0.6) is 0 Å². The third-order valence-electron chi connectivity index (χ3n) is 6.45. The molecular weight excluding hydrogens is 352 g/mol. The van der Waals surface area contributed by atoms with Crippen LogP contribution in [0.3, 0.4) is 0 Å². The summed E-state index contributed by atoms with van der Waals surface area (Å²) in [6.45, 7) is 10.5. The highest BCUT2D eigenvalue weighted by atomic mass is 16.5. The van der Waals surface area contributed by atoms with Crippen LogP contribution in [-0.2, 0) is 29.0 Å². The van der Waals surface area contributed by atoms with E-state index in [1.165, 1.54) is 37.1 Å². The summed E-state index contributed by atoms with van der Waals surface area (Å²) in [6.07, 6.45) is 6.97. The van der Waals surface area contributed by atoms with Gasteiger partial charge in [0.2, 0.25) is 0 Å². The summed E-state index contributed by atoms with van der Waals surface area (Å²) in [5.74, 6) is 0.616. The van der Waals surface area contributed by atoms with Crippen molar-refractivity contribution in [3.05, 3.63) is 17.0 Å². The average molecular weight is 393 g/mol. The monoisotopic (exact) mass is 392 g/mol. The molecule has 1 N–H and O–H groups in total. The van der Waals surface area contributed by atoms with Gasteiger partial charge in [-0.25, -0.2) is 0 Å². The number of fused-ring (bicyclic) bond motifs is 1. The van der Waals surface area contributed by atoms with Crippen LogP contribution in [0.4, 0.5) is 0 Å². The maximum Gasteiger partial charge on any atom is 0.0915 e. The number of hydrogen-bond donors (Lipinski definition) is 1. The van der Waals surface area contributed by atoms with E-state index in [0.29, 0.717) is 5.92 Å². The lowest BCUT2D eigenvalue weighted by Gasteiger charge is -2.40. The molecule has 0 bridgehead atoms. The van der Waals surface area contributed by atoms with Crippen molar-refractivity contribution in [2.24, 2.45) is 0 Å². The minimum absolute atomic E-state index is 0.0820. The molecule has 6 heteroatoms. The summed E-state index contributed by atoms with van der Waals surface area (Å²) in [6, 6.07) is 0. The normalized spacial score (nSPS) is 24.8. The number of aromatic nitrogens is 2. The van der Waals surface area contributed by atoms with Crippen LogP contribution in [0.1, 0.15) is 68.8 Å². The van der Waals surface area contributed by atoms with E-state index in [-0.39, 0.29) is 5.60 Å². The standard InChI is InChI=1S/C22H40N4O2/c1-5-27-17-22(28-6-2)11-9-18(10-12-22)21-19(16-25(4)15-13-23-3)24-26-14-7-8-20(21)26/h18,23H,5-17H2,1-4H3. The van der Waals surface area contributed by atoms with Crippen LogP contribution in [0.2, 0.25) is 0 Å². The molecule has 0 amide bonds. The molecule has 28 heavy (non-hydrogen) atoms. The van der Waals surface area contributed by atoms with Crippen molar-refractivity contribution in [1.82, 2.24) is 20.0 Å². The molecule has 2 aliphatic rings. The van der Waals surface area contributed by atoms with Crippen LogP contribution in [0.15, 0.2) is 0 Å². The maximum absolute atomic E-state index is 6.21. The Labute approximate surface area is 170 Å². The van der Waals surface area contributed by atoms with Gasteiger partial charge < -0.3 is 14.8 Å². The molecule has 1 aromatic heterocycles. The average Bonchev–Trinajstić information content (AvgIpc) is 3.27. The molecule has 1 aromatic rings. The zero-order valence-electron chi connectivity index (χ0n) is 18.4. The molecule has 0 unspecified atom stereocenters. The quantitative estimate of drug-likeness (QED) is 0.627. The Morgan fingerprint density at radius 3 is 2.71 bits per heavy atom. The van der Waals surface area contributed by atoms with Gasteiger partial charge in [0.05, 0.1) is 17.9 Å². The van der Waals surface area contributed by atoms with E-state index in [2.05, 4.69) is 35.8 Å². The molecule has 0 spiro atoms. The van der Waals surface area contributed by atoms with E-state index in [1.54, 1.807) is 5.56 Å². The highest BCUT2D eigenvalue weighted by Crippen LogP contribution is 2.43. The lowest BCUT2D eigenvalue weighted by Crippen LogP contribution is -2.41. The fraction of sp³-hybridized carbons (Fsp3) is 0.864. The van der Waals surface area contributed by atoms with Gasteiger partial charge in [-0.05, 0) is 72.4 Å². The Kier molecular flexibility index (Phi) is 7.92. The van der Waals surface area contributed by atoms with Gasteiger partial charge in [-0.3, -0.25) is 9.58 Å². The van der Waals surface area contributed by atoms with Crippen LogP contribution in [0.25, 0.3) is 0 Å². The van der Waals surface area contributed by atoms with E-state index in [0.717, 1.165) is 58.8 Å². The molecule has 6 nitrogen and oxygen atoms in total. The lowest BCUT2D eigenvalue weighted by molar-refractivity contribution is -0.114. The molecule has 1 aliphatic heterocycles. The van der Waals surface area contributed by atoms with Gasteiger partial charge in [0.25, 0.3) is 0 Å². The second-order valence-electron chi connectivity index (χ2n) is 8.50. The van der Waals surface area contributed by atoms with Gasteiger partial charge >= 0.3 is 0 Å². The first-order chi connectivity index (χ1) is 13.6. The number of hydrogen-bond acceptors (Lipinski definition) is 5. The number of ether oxygens (including phenoxy) is 2.